The van der Waals surface area contributed by atoms with E-state index in [9.17, 15) is 14.4 Å². The van der Waals surface area contributed by atoms with Crippen LogP contribution in [0.15, 0.2) is 53.3 Å². The van der Waals surface area contributed by atoms with Crippen LogP contribution >= 0.6 is 11.3 Å². The van der Waals surface area contributed by atoms with Crippen molar-refractivity contribution >= 4 is 44.2 Å². The highest BCUT2D eigenvalue weighted by Gasteiger charge is 2.14. The van der Waals surface area contributed by atoms with E-state index in [-0.39, 0.29) is 12.2 Å². The number of amides is 2. The number of fused-ring (bicyclic) bond motifs is 1. The van der Waals surface area contributed by atoms with E-state index in [0.29, 0.717) is 10.8 Å². The van der Waals surface area contributed by atoms with Gasteiger partial charge in [0.2, 0.25) is 5.91 Å². The Labute approximate surface area is 187 Å². The normalized spacial score (nSPS) is 10.8. The SMILES string of the molecule is Cc1ccc2nc(NC(=O)Cn3nc(C(=O)Nc4ccc(C)c(C)c4)ccc3=O)sc2c1. The van der Waals surface area contributed by atoms with Gasteiger partial charge < -0.3 is 10.6 Å². The molecule has 32 heavy (non-hydrogen) atoms. The summed E-state index contributed by atoms with van der Waals surface area (Å²) >= 11 is 1.35. The molecular formula is C23H21N5O3S. The van der Waals surface area contributed by atoms with Crippen LogP contribution in [-0.4, -0.2) is 26.6 Å². The van der Waals surface area contributed by atoms with Crippen molar-refractivity contribution in [2.75, 3.05) is 10.6 Å². The molecule has 4 rings (SSSR count). The summed E-state index contributed by atoms with van der Waals surface area (Å²) in [5.41, 5.74) is 4.23. The highest BCUT2D eigenvalue weighted by atomic mass is 32.1. The third kappa shape index (κ3) is 4.73. The monoisotopic (exact) mass is 447 g/mol. The first-order valence-electron chi connectivity index (χ1n) is 9.92. The fourth-order valence-electron chi connectivity index (χ4n) is 3.08. The van der Waals surface area contributed by atoms with Gasteiger partial charge in [-0.3, -0.25) is 14.4 Å². The molecule has 0 aliphatic rings. The van der Waals surface area contributed by atoms with Crippen LogP contribution in [0.4, 0.5) is 10.8 Å². The van der Waals surface area contributed by atoms with E-state index in [1.165, 1.54) is 23.5 Å². The van der Waals surface area contributed by atoms with E-state index < -0.39 is 17.4 Å². The number of carbonyl (C=O) groups excluding carboxylic acids is 2. The van der Waals surface area contributed by atoms with Crippen molar-refractivity contribution in [2.24, 2.45) is 0 Å². The molecule has 0 spiro atoms. The Morgan fingerprint density at radius 3 is 2.56 bits per heavy atom. The minimum atomic E-state index is -0.484. The summed E-state index contributed by atoms with van der Waals surface area (Å²) in [7, 11) is 0. The maximum absolute atomic E-state index is 12.6. The second-order valence-electron chi connectivity index (χ2n) is 7.51. The van der Waals surface area contributed by atoms with Crippen molar-refractivity contribution < 1.29 is 9.59 Å². The van der Waals surface area contributed by atoms with Gasteiger partial charge in [0.05, 0.1) is 10.2 Å². The molecule has 2 aromatic heterocycles. The Morgan fingerprint density at radius 2 is 1.78 bits per heavy atom. The zero-order chi connectivity index (χ0) is 22.8. The van der Waals surface area contributed by atoms with Gasteiger partial charge in [-0.15, -0.1) is 0 Å². The number of benzene rings is 2. The number of aryl methyl sites for hydroxylation is 3. The fraction of sp³-hybridized carbons (Fsp3) is 0.174. The third-order valence-electron chi connectivity index (χ3n) is 4.95. The maximum Gasteiger partial charge on any atom is 0.276 e. The lowest BCUT2D eigenvalue weighted by molar-refractivity contribution is -0.117. The average Bonchev–Trinajstić information content (AvgIpc) is 3.13. The summed E-state index contributed by atoms with van der Waals surface area (Å²) in [6, 6.07) is 13.9. The molecule has 2 N–H and O–H groups in total. The molecule has 0 bridgehead atoms. The first-order chi connectivity index (χ1) is 15.3. The van der Waals surface area contributed by atoms with Crippen LogP contribution in [0.3, 0.4) is 0 Å². The molecular weight excluding hydrogens is 426 g/mol. The van der Waals surface area contributed by atoms with Crippen molar-refractivity contribution in [3.8, 4) is 0 Å². The van der Waals surface area contributed by atoms with Gasteiger partial charge in [0.25, 0.3) is 11.5 Å². The quantitative estimate of drug-likeness (QED) is 0.486. The average molecular weight is 448 g/mol. The molecule has 9 heteroatoms. The minimum Gasteiger partial charge on any atom is -0.321 e. The number of nitrogens with zero attached hydrogens (tertiary/aromatic N) is 3. The van der Waals surface area contributed by atoms with Crippen molar-refractivity contribution in [2.45, 2.75) is 27.3 Å². The first kappa shape index (κ1) is 21.4. The molecule has 0 saturated carbocycles. The Bertz CT molecular complexity index is 1410. The lowest BCUT2D eigenvalue weighted by Gasteiger charge is -2.09. The summed E-state index contributed by atoms with van der Waals surface area (Å²) in [4.78, 5) is 41.6. The standard InChI is InChI=1S/C23H21N5O3S/c1-13-4-7-17-19(10-13)32-23(25-17)26-20(29)12-28-21(30)9-8-18(27-28)22(31)24-16-6-5-14(2)15(3)11-16/h4-11H,12H2,1-3H3,(H,24,31)(H,25,26,29). The molecule has 0 aliphatic carbocycles. The topological polar surface area (TPSA) is 106 Å². The van der Waals surface area contributed by atoms with Crippen LogP contribution in [0.1, 0.15) is 27.2 Å². The smallest absolute Gasteiger partial charge is 0.276 e. The van der Waals surface area contributed by atoms with Gasteiger partial charge >= 0.3 is 0 Å². The third-order valence-corrected chi connectivity index (χ3v) is 5.88. The van der Waals surface area contributed by atoms with Crippen molar-refractivity contribution in [1.29, 1.82) is 0 Å². The van der Waals surface area contributed by atoms with Crippen LogP contribution in [0.25, 0.3) is 10.2 Å². The lowest BCUT2D eigenvalue weighted by atomic mass is 10.1. The molecule has 2 amide bonds. The van der Waals surface area contributed by atoms with Crippen molar-refractivity contribution in [1.82, 2.24) is 14.8 Å². The number of anilines is 2. The predicted molar refractivity (Wildman–Crippen MR) is 125 cm³/mol. The Morgan fingerprint density at radius 1 is 0.969 bits per heavy atom. The van der Waals surface area contributed by atoms with Crippen LogP contribution in [0.5, 0.6) is 0 Å². The van der Waals surface area contributed by atoms with E-state index >= 15 is 0 Å². The van der Waals surface area contributed by atoms with Gasteiger partial charge in [0, 0.05) is 11.8 Å². The molecule has 0 saturated heterocycles. The number of thiazole rings is 1. The first-order valence-corrected chi connectivity index (χ1v) is 10.7. The zero-order valence-electron chi connectivity index (χ0n) is 17.8. The maximum atomic E-state index is 12.6. The summed E-state index contributed by atoms with van der Waals surface area (Å²) in [6.07, 6.45) is 0. The predicted octanol–water partition coefficient (Wildman–Crippen LogP) is 3.67. The summed E-state index contributed by atoms with van der Waals surface area (Å²) < 4.78 is 1.92. The fourth-order valence-corrected chi connectivity index (χ4v) is 4.06. The van der Waals surface area contributed by atoms with E-state index in [1.54, 1.807) is 6.07 Å². The Hall–Kier alpha value is -3.85. The van der Waals surface area contributed by atoms with Crippen LogP contribution in [0.2, 0.25) is 0 Å². The van der Waals surface area contributed by atoms with Gasteiger partial charge in [0.15, 0.2) is 5.13 Å². The van der Waals surface area contributed by atoms with Gasteiger partial charge in [0.1, 0.15) is 12.2 Å². The Balaban J connectivity index is 1.47. The molecule has 0 fully saturated rings. The lowest BCUT2D eigenvalue weighted by Crippen LogP contribution is -2.31. The molecule has 2 heterocycles. The number of nitrogens with one attached hydrogen (secondary N) is 2. The van der Waals surface area contributed by atoms with Crippen LogP contribution in [-0.2, 0) is 11.3 Å². The second kappa shape index (κ2) is 8.72. The largest absolute Gasteiger partial charge is 0.321 e. The molecule has 162 valence electrons. The van der Waals surface area contributed by atoms with Crippen LogP contribution < -0.4 is 16.2 Å². The Kier molecular flexibility index (Phi) is 5.83. The van der Waals surface area contributed by atoms with E-state index in [2.05, 4.69) is 20.7 Å². The highest BCUT2D eigenvalue weighted by molar-refractivity contribution is 7.22. The molecule has 0 unspecified atom stereocenters. The van der Waals surface area contributed by atoms with Gasteiger partial charge in [-0.2, -0.15) is 5.10 Å². The number of hydrogen-bond acceptors (Lipinski definition) is 6. The summed E-state index contributed by atoms with van der Waals surface area (Å²) in [5.74, 6) is -0.925. The number of rotatable bonds is 5. The second-order valence-corrected chi connectivity index (χ2v) is 8.54. The van der Waals surface area contributed by atoms with Gasteiger partial charge in [-0.05, 0) is 67.8 Å². The number of hydrogen-bond donors (Lipinski definition) is 2. The molecule has 4 aromatic rings. The molecule has 0 aliphatic heterocycles. The van der Waals surface area contributed by atoms with Gasteiger partial charge in [-0.1, -0.05) is 23.5 Å². The zero-order valence-corrected chi connectivity index (χ0v) is 18.6. The number of aromatic nitrogens is 3. The van der Waals surface area contributed by atoms with Crippen LogP contribution in [0, 0.1) is 20.8 Å². The van der Waals surface area contributed by atoms with Crippen molar-refractivity contribution in [3.05, 3.63) is 81.3 Å². The highest BCUT2D eigenvalue weighted by Crippen LogP contribution is 2.26. The molecule has 8 nitrogen and oxygen atoms in total. The molecule has 0 radical (unpaired) electrons. The molecule has 0 atom stereocenters. The summed E-state index contributed by atoms with van der Waals surface area (Å²) in [6.45, 7) is 5.59. The van der Waals surface area contributed by atoms with E-state index in [4.69, 9.17) is 0 Å². The van der Waals surface area contributed by atoms with Gasteiger partial charge in [-0.25, -0.2) is 9.67 Å². The van der Waals surface area contributed by atoms with Crippen molar-refractivity contribution in [3.63, 3.8) is 0 Å². The van der Waals surface area contributed by atoms with E-state index in [0.717, 1.165) is 31.6 Å². The van der Waals surface area contributed by atoms with E-state index in [1.807, 2.05) is 51.1 Å². The number of carbonyl (C=O) groups is 2. The minimum absolute atomic E-state index is 0.0334. The molecule has 2 aromatic carbocycles. The summed E-state index contributed by atoms with van der Waals surface area (Å²) in [5, 5.41) is 9.95.